The summed E-state index contributed by atoms with van der Waals surface area (Å²) in [6.45, 7) is 5.80. The third-order valence-corrected chi connectivity index (χ3v) is 8.19. The molecule has 0 radical (unpaired) electrons. The van der Waals surface area contributed by atoms with Gasteiger partial charge in [-0.3, -0.25) is 9.48 Å². The Hall–Kier alpha value is -3.66. The number of hydrogen-bond donors (Lipinski definition) is 2. The van der Waals surface area contributed by atoms with E-state index in [2.05, 4.69) is 39.2 Å². The van der Waals surface area contributed by atoms with Crippen molar-refractivity contribution in [2.75, 3.05) is 32.0 Å². The molecule has 2 aliphatic rings. The highest BCUT2D eigenvalue weighted by Gasteiger charge is 2.40. The molecule has 1 amide bonds. The molecular formula is C30H35F3N6O. The van der Waals surface area contributed by atoms with Gasteiger partial charge in [0.25, 0.3) is 5.91 Å². The Bertz CT molecular complexity index is 1430. The van der Waals surface area contributed by atoms with Gasteiger partial charge in [-0.2, -0.15) is 18.3 Å². The first-order valence-corrected chi connectivity index (χ1v) is 13.6. The second kappa shape index (κ2) is 11.1. The van der Waals surface area contributed by atoms with Crippen LogP contribution in [0.15, 0.2) is 49.3 Å². The number of hydrogen-bond acceptors (Lipinski definition) is 5. The fraction of sp³-hybridized carbons (Fsp3) is 0.433. The number of carbonyl (C=O) groups excluding carboxylic acids is 1. The second-order valence-corrected chi connectivity index (χ2v) is 11.2. The normalized spacial score (nSPS) is 21.9. The number of rotatable bonds is 7. The van der Waals surface area contributed by atoms with Crippen molar-refractivity contribution in [2.45, 2.75) is 44.3 Å². The Morgan fingerprint density at radius 1 is 1.20 bits per heavy atom. The van der Waals surface area contributed by atoms with Gasteiger partial charge in [0.05, 0.1) is 28.7 Å². The van der Waals surface area contributed by atoms with Gasteiger partial charge in [0.2, 0.25) is 0 Å². The zero-order valence-corrected chi connectivity index (χ0v) is 22.9. The van der Waals surface area contributed by atoms with Crippen LogP contribution in [0.5, 0.6) is 0 Å². The first kappa shape index (κ1) is 27.9. The molecule has 0 atom stereocenters. The highest BCUT2D eigenvalue weighted by atomic mass is 19.4. The Morgan fingerprint density at radius 3 is 2.62 bits per heavy atom. The number of alkyl halides is 3. The molecule has 1 aromatic carbocycles. The van der Waals surface area contributed by atoms with Gasteiger partial charge in [-0.05, 0) is 69.3 Å². The fourth-order valence-corrected chi connectivity index (χ4v) is 6.01. The molecule has 1 spiro atoms. The quantitative estimate of drug-likeness (QED) is 0.396. The average Bonchev–Trinajstić information content (AvgIpc) is 3.52. The summed E-state index contributed by atoms with van der Waals surface area (Å²) in [7, 11) is 3.90. The molecule has 2 fully saturated rings. The summed E-state index contributed by atoms with van der Waals surface area (Å²) in [5.41, 5.74) is 0.795. The van der Waals surface area contributed by atoms with Crippen LogP contribution in [0.2, 0.25) is 0 Å². The molecule has 2 aromatic heterocycles. The van der Waals surface area contributed by atoms with Crippen molar-refractivity contribution in [2.24, 2.45) is 12.5 Å². The summed E-state index contributed by atoms with van der Waals surface area (Å²) >= 11 is 0. The molecule has 212 valence electrons. The Morgan fingerprint density at radius 2 is 1.98 bits per heavy atom. The molecule has 0 bridgehead atoms. The minimum absolute atomic E-state index is 0.182. The summed E-state index contributed by atoms with van der Waals surface area (Å²) in [5.74, 6) is -0.291. The summed E-state index contributed by atoms with van der Waals surface area (Å²) in [5, 5.41) is 11.4. The number of fused-ring (bicyclic) bond motifs is 1. The number of aromatic nitrogens is 3. The van der Waals surface area contributed by atoms with Crippen LogP contribution in [0, 0.1) is 5.41 Å². The molecule has 1 aliphatic heterocycles. The van der Waals surface area contributed by atoms with Gasteiger partial charge in [-0.15, -0.1) is 0 Å². The summed E-state index contributed by atoms with van der Waals surface area (Å²) < 4.78 is 42.8. The fourth-order valence-electron chi connectivity index (χ4n) is 6.01. The monoisotopic (exact) mass is 552 g/mol. The van der Waals surface area contributed by atoms with Crippen LogP contribution in [0.3, 0.4) is 0 Å². The molecule has 0 unspecified atom stereocenters. The summed E-state index contributed by atoms with van der Waals surface area (Å²) in [4.78, 5) is 19.0. The van der Waals surface area contributed by atoms with Gasteiger partial charge >= 0.3 is 6.18 Å². The van der Waals surface area contributed by atoms with E-state index in [0.717, 1.165) is 44.5 Å². The number of nitrogens with zero attached hydrogens (tertiary/aromatic N) is 4. The van der Waals surface area contributed by atoms with Gasteiger partial charge in [-0.25, -0.2) is 4.98 Å². The number of benzene rings is 1. The largest absolute Gasteiger partial charge is 0.417 e. The predicted molar refractivity (Wildman–Crippen MR) is 152 cm³/mol. The maximum atomic E-state index is 13.8. The minimum Gasteiger partial charge on any atom is -0.382 e. The van der Waals surface area contributed by atoms with E-state index in [1.165, 1.54) is 17.3 Å². The van der Waals surface area contributed by atoms with E-state index < -0.39 is 11.7 Å². The number of aryl methyl sites for hydroxylation is 1. The zero-order chi connectivity index (χ0) is 28.5. The molecular weight excluding hydrogens is 517 g/mol. The standard InChI is InChI=1S/C30H35F3N6O/c1-20(30(31,32)33)27-24-7-4-8-26(36-22-9-11-29(12-10-22)13-15-38(2)19-29)25(24)16-23(37-27)6-5-14-34-28(40)21-17-35-39(3)18-21/h4-8,16-18,22,36H,1,9-15,19H2,2-3H3,(H,34,40)/b6-5+. The SMILES string of the molecule is C=C(c1nc(/C=C/CNC(=O)c2cnn(C)c2)cc2c(NC3CCC4(CC3)CCN(C)C4)cccc12)C(F)(F)F. The van der Waals surface area contributed by atoms with E-state index in [9.17, 15) is 18.0 Å². The second-order valence-electron chi connectivity index (χ2n) is 11.2. The van der Waals surface area contributed by atoms with Crippen LogP contribution >= 0.6 is 0 Å². The number of likely N-dealkylation sites (tertiary alicyclic amines) is 1. The number of nitrogens with one attached hydrogen (secondary N) is 2. The zero-order valence-electron chi connectivity index (χ0n) is 22.9. The Balaban J connectivity index is 1.38. The molecule has 7 nitrogen and oxygen atoms in total. The molecule has 10 heteroatoms. The minimum atomic E-state index is -4.62. The van der Waals surface area contributed by atoms with Crippen LogP contribution < -0.4 is 10.6 Å². The maximum Gasteiger partial charge on any atom is 0.417 e. The van der Waals surface area contributed by atoms with Crippen molar-refractivity contribution >= 4 is 34.0 Å². The van der Waals surface area contributed by atoms with Crippen LogP contribution in [0.1, 0.15) is 53.8 Å². The van der Waals surface area contributed by atoms with E-state index in [-0.39, 0.29) is 24.2 Å². The van der Waals surface area contributed by atoms with Crippen molar-refractivity contribution in [1.82, 2.24) is 25.0 Å². The molecule has 5 rings (SSSR count). The molecule has 1 saturated heterocycles. The number of pyridine rings is 1. The van der Waals surface area contributed by atoms with Gasteiger partial charge < -0.3 is 15.5 Å². The first-order valence-electron chi connectivity index (χ1n) is 13.6. The predicted octanol–water partition coefficient (Wildman–Crippen LogP) is 5.66. The number of halogens is 3. The Labute approximate surface area is 232 Å². The lowest BCUT2D eigenvalue weighted by atomic mass is 9.72. The topological polar surface area (TPSA) is 75.1 Å². The maximum absolute atomic E-state index is 13.8. The molecule has 1 aliphatic carbocycles. The van der Waals surface area contributed by atoms with Crippen LogP contribution in [-0.2, 0) is 7.05 Å². The lowest BCUT2D eigenvalue weighted by Gasteiger charge is -2.38. The van der Waals surface area contributed by atoms with Crippen molar-refractivity contribution in [3.8, 4) is 0 Å². The Kier molecular flexibility index (Phi) is 7.72. The highest BCUT2D eigenvalue weighted by molar-refractivity contribution is 6.01. The molecule has 3 aromatic rings. The van der Waals surface area contributed by atoms with Crippen molar-refractivity contribution in [1.29, 1.82) is 0 Å². The number of allylic oxidation sites excluding steroid dienone is 1. The molecule has 40 heavy (non-hydrogen) atoms. The lowest BCUT2D eigenvalue weighted by molar-refractivity contribution is -0.0688. The lowest BCUT2D eigenvalue weighted by Crippen LogP contribution is -2.35. The first-order chi connectivity index (χ1) is 19.0. The van der Waals surface area contributed by atoms with Gasteiger partial charge in [0, 0.05) is 48.8 Å². The average molecular weight is 553 g/mol. The highest BCUT2D eigenvalue weighted by Crippen LogP contribution is 2.44. The third kappa shape index (κ3) is 6.06. The number of anilines is 1. The van der Waals surface area contributed by atoms with Crippen LogP contribution in [0.4, 0.5) is 18.9 Å². The summed E-state index contributed by atoms with van der Waals surface area (Å²) in [6.07, 6.45) is 7.32. The van der Waals surface area contributed by atoms with E-state index in [0.29, 0.717) is 27.4 Å². The van der Waals surface area contributed by atoms with Crippen molar-refractivity contribution in [3.05, 3.63) is 66.3 Å². The smallest absolute Gasteiger partial charge is 0.382 e. The van der Waals surface area contributed by atoms with Crippen molar-refractivity contribution < 1.29 is 18.0 Å². The van der Waals surface area contributed by atoms with Crippen LogP contribution in [-0.4, -0.2) is 64.5 Å². The van der Waals surface area contributed by atoms with Crippen molar-refractivity contribution in [3.63, 3.8) is 0 Å². The van der Waals surface area contributed by atoms with Gasteiger partial charge in [0.15, 0.2) is 0 Å². The van der Waals surface area contributed by atoms with E-state index in [1.54, 1.807) is 43.6 Å². The van der Waals surface area contributed by atoms with E-state index in [1.807, 2.05) is 6.07 Å². The summed E-state index contributed by atoms with van der Waals surface area (Å²) in [6, 6.07) is 7.38. The van der Waals surface area contributed by atoms with Gasteiger partial charge in [-0.1, -0.05) is 24.8 Å². The third-order valence-electron chi connectivity index (χ3n) is 8.19. The number of carbonyl (C=O) groups is 1. The van der Waals surface area contributed by atoms with E-state index in [4.69, 9.17) is 0 Å². The molecule has 2 N–H and O–H groups in total. The molecule has 3 heterocycles. The van der Waals surface area contributed by atoms with E-state index >= 15 is 0 Å². The van der Waals surface area contributed by atoms with Gasteiger partial charge in [0.1, 0.15) is 0 Å². The van der Waals surface area contributed by atoms with Crippen LogP contribution in [0.25, 0.3) is 22.4 Å². The number of amides is 1. The molecule has 1 saturated carbocycles.